The van der Waals surface area contributed by atoms with Crippen LogP contribution in [0.5, 0.6) is 0 Å². The van der Waals surface area contributed by atoms with E-state index in [1.54, 1.807) is 0 Å². The van der Waals surface area contributed by atoms with E-state index in [2.05, 4.69) is 18.5 Å². The van der Waals surface area contributed by atoms with Crippen molar-refractivity contribution in [2.75, 3.05) is 0 Å². The van der Waals surface area contributed by atoms with Crippen molar-refractivity contribution in [1.29, 1.82) is 0 Å². The number of hydrogen-bond donors (Lipinski definition) is 1. The van der Waals surface area contributed by atoms with Crippen LogP contribution < -0.4 is 0 Å². The van der Waals surface area contributed by atoms with Crippen LogP contribution in [0.25, 0.3) is 0 Å². The van der Waals surface area contributed by atoms with Crippen LogP contribution in [0.4, 0.5) is 0 Å². The molecule has 0 amide bonds. The third-order valence-corrected chi connectivity index (χ3v) is 0.994. The fourth-order valence-electron chi connectivity index (χ4n) is 0.526. The summed E-state index contributed by atoms with van der Waals surface area (Å²) >= 11 is 0.417. The van der Waals surface area contributed by atoms with Crippen LogP contribution in [-0.4, -0.2) is 26.3 Å². The first-order chi connectivity index (χ1) is 5.18. The van der Waals surface area contributed by atoms with Crippen LogP contribution >= 0.6 is 0 Å². The smallest absolute Gasteiger partial charge is 0.303 e. The lowest BCUT2D eigenvalue weighted by Crippen LogP contribution is -1.92. The van der Waals surface area contributed by atoms with Crippen molar-refractivity contribution in [2.24, 2.45) is 0 Å². The van der Waals surface area contributed by atoms with Gasteiger partial charge in [-0.15, -0.1) is 11.6 Å². The lowest BCUT2D eigenvalue weighted by atomic mass is 10.2. The first-order valence-electron chi connectivity index (χ1n) is 4.40. The number of hydrogen-bond acceptors (Lipinski definition) is 1. The zero-order chi connectivity index (χ0) is 9.11. The second kappa shape index (κ2) is 12.7. The van der Waals surface area contributed by atoms with Crippen LogP contribution in [0.3, 0.4) is 0 Å². The van der Waals surface area contributed by atoms with Crippen molar-refractivity contribution in [1.82, 2.24) is 0 Å². The molecular formula is C8H19AlO2. The molecule has 0 aliphatic carbocycles. The highest BCUT2D eigenvalue weighted by Gasteiger charge is 1.92. The Labute approximate surface area is 75.7 Å². The van der Waals surface area contributed by atoms with Crippen molar-refractivity contribution in [3.05, 3.63) is 0 Å². The normalized spacial score (nSPS) is 7.91. The van der Waals surface area contributed by atoms with Crippen LogP contribution in [0.2, 0.25) is 11.6 Å². The molecule has 0 radical (unpaired) electrons. The van der Waals surface area contributed by atoms with Gasteiger partial charge in [-0.2, -0.15) is 0 Å². The molecule has 0 atom stereocenters. The first kappa shape index (κ1) is 13.6. The average molecular weight is 174 g/mol. The van der Waals surface area contributed by atoms with Crippen molar-refractivity contribution >= 4 is 21.2 Å². The van der Waals surface area contributed by atoms with Crippen molar-refractivity contribution in [2.45, 2.75) is 44.2 Å². The topological polar surface area (TPSA) is 37.3 Å². The van der Waals surface area contributed by atoms with E-state index in [1.165, 1.54) is 0 Å². The summed E-state index contributed by atoms with van der Waals surface area (Å²) in [5.74, 6) is 3.85. The summed E-state index contributed by atoms with van der Waals surface area (Å²) in [6.07, 6.45) is 3.28. The largest absolute Gasteiger partial charge is 0.481 e. The fourth-order valence-corrected chi connectivity index (χ4v) is 0.526. The van der Waals surface area contributed by atoms with Crippen molar-refractivity contribution in [3.63, 3.8) is 0 Å². The average Bonchev–Trinajstić information content (AvgIpc) is 1.89. The Hall–Kier alpha value is 0.00247. The number of rotatable bonds is 4. The molecule has 0 bridgehead atoms. The van der Waals surface area contributed by atoms with Gasteiger partial charge in [-0.05, 0) is 6.42 Å². The predicted octanol–water partition coefficient (Wildman–Crippen LogP) is 2.17. The van der Waals surface area contributed by atoms with E-state index in [-0.39, 0.29) is 0 Å². The Bertz CT molecular complexity index is 84.2. The molecule has 0 unspecified atom stereocenters. The van der Waals surface area contributed by atoms with E-state index in [4.69, 9.17) is 5.11 Å². The van der Waals surface area contributed by atoms with Gasteiger partial charge in [0, 0.05) is 6.42 Å². The van der Waals surface area contributed by atoms with Crippen LogP contribution in [-0.2, 0) is 4.79 Å². The Morgan fingerprint density at radius 3 is 2.09 bits per heavy atom. The van der Waals surface area contributed by atoms with E-state index in [0.717, 1.165) is 19.3 Å². The zero-order valence-corrected chi connectivity index (χ0v) is 9.31. The minimum atomic E-state index is -0.682. The van der Waals surface area contributed by atoms with Gasteiger partial charge in [-0.1, -0.05) is 19.8 Å². The maximum atomic E-state index is 9.87. The maximum Gasteiger partial charge on any atom is 0.303 e. The summed E-state index contributed by atoms with van der Waals surface area (Å²) < 4.78 is 0. The third-order valence-electron chi connectivity index (χ3n) is 0.994. The van der Waals surface area contributed by atoms with Crippen LogP contribution in [0, 0.1) is 0 Å². The highest BCUT2D eigenvalue weighted by atomic mass is 27.1. The Morgan fingerprint density at radius 2 is 1.82 bits per heavy atom. The molecule has 0 rings (SSSR count). The third kappa shape index (κ3) is 25.6. The molecule has 0 saturated carbocycles. The summed E-state index contributed by atoms with van der Waals surface area (Å²) in [7, 11) is 0. The Balaban J connectivity index is 0. The molecule has 0 aromatic carbocycles. The van der Waals surface area contributed by atoms with Gasteiger partial charge in [-0.25, -0.2) is 0 Å². The summed E-state index contributed by atoms with van der Waals surface area (Å²) in [6, 6.07) is 0. The van der Waals surface area contributed by atoms with Gasteiger partial charge in [-0.3, -0.25) is 4.79 Å². The van der Waals surface area contributed by atoms with Crippen LogP contribution in [0.15, 0.2) is 0 Å². The van der Waals surface area contributed by atoms with Crippen molar-refractivity contribution in [3.8, 4) is 0 Å². The molecule has 0 aromatic rings. The summed E-state index contributed by atoms with van der Waals surface area (Å²) in [5, 5.41) is 8.14. The highest BCUT2D eigenvalue weighted by Crippen LogP contribution is 1.97. The quantitative estimate of drug-likeness (QED) is 0.524. The summed E-state index contributed by atoms with van der Waals surface area (Å²) in [5.41, 5.74) is 0. The van der Waals surface area contributed by atoms with E-state index in [1.807, 2.05) is 0 Å². The second-order valence-electron chi connectivity index (χ2n) is 2.56. The van der Waals surface area contributed by atoms with E-state index in [9.17, 15) is 4.79 Å². The van der Waals surface area contributed by atoms with E-state index in [0.29, 0.717) is 21.6 Å². The molecule has 11 heavy (non-hydrogen) atoms. The molecule has 0 saturated heterocycles. The predicted molar refractivity (Wildman–Crippen MR) is 50.7 cm³/mol. The minimum Gasteiger partial charge on any atom is -0.481 e. The van der Waals surface area contributed by atoms with Gasteiger partial charge in [0.05, 0.1) is 0 Å². The van der Waals surface area contributed by atoms with Gasteiger partial charge < -0.3 is 5.11 Å². The maximum absolute atomic E-state index is 9.87. The second-order valence-corrected chi connectivity index (χ2v) is 3.97. The Morgan fingerprint density at radius 1 is 1.36 bits per heavy atom. The number of carbonyl (C=O) groups is 1. The molecule has 66 valence electrons. The number of unbranched alkanes of at least 4 members (excludes halogenated alkanes) is 2. The summed E-state index contributed by atoms with van der Waals surface area (Å²) in [4.78, 5) is 9.87. The molecule has 0 aliphatic rings. The zero-order valence-electron chi connectivity index (χ0n) is 7.89. The Kier molecular flexibility index (Phi) is 15.6. The SMILES string of the molecule is CCCCCC(=O)O.[CH3][AlH][CH3]. The standard InChI is InChI=1S/C6H12O2.2CH3.Al.H/c1-2-3-4-5-6(7)8;;;;/h2-5H2,1H3,(H,7,8);2*1H3;;. The van der Waals surface area contributed by atoms with Gasteiger partial charge in [0.25, 0.3) is 0 Å². The van der Waals surface area contributed by atoms with E-state index < -0.39 is 5.97 Å². The van der Waals surface area contributed by atoms with Crippen LogP contribution in [0.1, 0.15) is 32.6 Å². The molecule has 0 aromatic heterocycles. The molecule has 0 heterocycles. The van der Waals surface area contributed by atoms with Crippen molar-refractivity contribution < 1.29 is 9.90 Å². The lowest BCUT2D eigenvalue weighted by molar-refractivity contribution is -0.137. The number of aliphatic carboxylic acids is 1. The number of carboxylic acid groups (broad SMARTS) is 1. The fraction of sp³-hybridized carbons (Fsp3) is 0.875. The van der Waals surface area contributed by atoms with Gasteiger partial charge in [0.2, 0.25) is 15.2 Å². The molecule has 2 nitrogen and oxygen atoms in total. The highest BCUT2D eigenvalue weighted by molar-refractivity contribution is 6.31. The number of carboxylic acids is 1. The lowest BCUT2D eigenvalue weighted by Gasteiger charge is -1.89. The van der Waals surface area contributed by atoms with Gasteiger partial charge >= 0.3 is 5.97 Å². The van der Waals surface area contributed by atoms with Gasteiger partial charge in [0.15, 0.2) is 0 Å². The van der Waals surface area contributed by atoms with Gasteiger partial charge in [0.1, 0.15) is 0 Å². The molecule has 0 spiro atoms. The molecule has 3 heteroatoms. The first-order valence-corrected chi connectivity index (χ1v) is 7.23. The molecule has 0 aliphatic heterocycles. The summed E-state index contributed by atoms with van der Waals surface area (Å²) in [6.45, 7) is 2.06. The molecular weight excluding hydrogens is 155 g/mol. The monoisotopic (exact) mass is 174 g/mol. The minimum absolute atomic E-state index is 0.327. The molecule has 1 N–H and O–H groups in total. The molecule has 0 fully saturated rings. The van der Waals surface area contributed by atoms with E-state index >= 15 is 0 Å².